The summed E-state index contributed by atoms with van der Waals surface area (Å²) in [6, 6.07) is 7.24. The first-order chi connectivity index (χ1) is 11.8. The molecule has 0 aliphatic rings. The first-order valence-electron chi connectivity index (χ1n) is 7.59. The smallest absolute Gasteiger partial charge is 0.222 e. The zero-order valence-electron chi connectivity index (χ0n) is 14.0. The van der Waals surface area contributed by atoms with Crippen molar-refractivity contribution >= 4 is 29.1 Å². The van der Waals surface area contributed by atoms with Crippen LogP contribution >= 0.6 is 11.6 Å². The maximum atomic E-state index is 10.9. The number of aryl methyl sites for hydroxylation is 2. The van der Waals surface area contributed by atoms with Gasteiger partial charge in [-0.1, -0.05) is 28.9 Å². The number of nitrogens with zero attached hydrogens (tertiary/aromatic N) is 3. The zero-order valence-corrected chi connectivity index (χ0v) is 14.8. The summed E-state index contributed by atoms with van der Waals surface area (Å²) in [6.45, 7) is 5.37. The Morgan fingerprint density at radius 3 is 2.72 bits per heavy atom. The van der Waals surface area contributed by atoms with Crippen LogP contribution in [0.5, 0.6) is 0 Å². The molecule has 1 atom stereocenters. The first kappa shape index (κ1) is 17.2. The number of hydrogen-bond acceptors (Lipinski definition) is 7. The molecule has 3 rings (SSSR count). The average molecular weight is 360 g/mol. The molecule has 1 unspecified atom stereocenters. The number of nitrogen functional groups attached to an aromatic ring is 1. The number of anilines is 3. The van der Waals surface area contributed by atoms with Crippen molar-refractivity contribution in [3.63, 3.8) is 0 Å². The number of aromatic nitrogens is 3. The minimum atomic E-state index is -1.31. The van der Waals surface area contributed by atoms with Gasteiger partial charge in [0.1, 0.15) is 22.1 Å². The molecular formula is C17H18ClN5O2. The summed E-state index contributed by atoms with van der Waals surface area (Å²) in [5.74, 6) is 1.14. The minimum Gasteiger partial charge on any atom is -0.379 e. The predicted octanol–water partition coefficient (Wildman–Crippen LogP) is 3.32. The van der Waals surface area contributed by atoms with E-state index in [1.807, 2.05) is 25.1 Å². The lowest BCUT2D eigenvalue weighted by molar-refractivity contribution is 0.0932. The second-order valence-corrected chi connectivity index (χ2v) is 6.38. The van der Waals surface area contributed by atoms with E-state index >= 15 is 0 Å². The summed E-state index contributed by atoms with van der Waals surface area (Å²) in [6.07, 6.45) is 1.43. The Bertz CT molecular complexity index is 923. The lowest BCUT2D eigenvalue weighted by Gasteiger charge is -2.22. The molecule has 8 heteroatoms. The third-order valence-corrected chi connectivity index (χ3v) is 4.22. The van der Waals surface area contributed by atoms with Crippen LogP contribution in [0.2, 0.25) is 5.02 Å². The van der Waals surface area contributed by atoms with Gasteiger partial charge in [-0.25, -0.2) is 4.98 Å². The summed E-state index contributed by atoms with van der Waals surface area (Å²) in [7, 11) is 0. The first-order valence-corrected chi connectivity index (χ1v) is 7.97. The lowest BCUT2D eigenvalue weighted by Crippen LogP contribution is -2.23. The largest absolute Gasteiger partial charge is 0.379 e. The molecule has 0 saturated carbocycles. The highest BCUT2D eigenvalue weighted by Gasteiger charge is 2.30. The van der Waals surface area contributed by atoms with E-state index in [0.717, 1.165) is 11.3 Å². The molecule has 0 spiro atoms. The van der Waals surface area contributed by atoms with Crippen LogP contribution in [0.25, 0.3) is 0 Å². The van der Waals surface area contributed by atoms with Crippen molar-refractivity contribution in [3.8, 4) is 0 Å². The summed E-state index contributed by atoms with van der Waals surface area (Å²) in [5, 5.41) is 18.3. The summed E-state index contributed by atoms with van der Waals surface area (Å²) in [4.78, 5) is 7.93. The van der Waals surface area contributed by atoms with Crippen LogP contribution in [0.4, 0.5) is 17.5 Å². The van der Waals surface area contributed by atoms with Gasteiger partial charge in [-0.05, 0) is 38.0 Å². The molecule has 25 heavy (non-hydrogen) atoms. The van der Waals surface area contributed by atoms with E-state index in [4.69, 9.17) is 21.9 Å². The maximum Gasteiger partial charge on any atom is 0.222 e. The topological polar surface area (TPSA) is 110 Å². The van der Waals surface area contributed by atoms with Crippen LogP contribution in [0.1, 0.15) is 29.5 Å². The van der Waals surface area contributed by atoms with Gasteiger partial charge in [0, 0.05) is 11.8 Å². The van der Waals surface area contributed by atoms with Gasteiger partial charge in [0.15, 0.2) is 5.82 Å². The van der Waals surface area contributed by atoms with Crippen LogP contribution < -0.4 is 11.1 Å². The van der Waals surface area contributed by atoms with Crippen molar-refractivity contribution in [2.75, 3.05) is 11.1 Å². The number of halogens is 1. The van der Waals surface area contributed by atoms with Gasteiger partial charge < -0.3 is 20.7 Å². The van der Waals surface area contributed by atoms with Gasteiger partial charge in [-0.2, -0.15) is 4.98 Å². The van der Waals surface area contributed by atoms with Crippen molar-refractivity contribution in [2.24, 2.45) is 0 Å². The molecule has 4 N–H and O–H groups in total. The van der Waals surface area contributed by atoms with E-state index < -0.39 is 5.60 Å². The molecule has 0 saturated heterocycles. The van der Waals surface area contributed by atoms with Gasteiger partial charge in [-0.3, -0.25) is 0 Å². The summed E-state index contributed by atoms with van der Waals surface area (Å²) in [5.41, 5.74) is 7.07. The van der Waals surface area contributed by atoms with Gasteiger partial charge in [0.2, 0.25) is 5.95 Å². The molecule has 0 fully saturated rings. The molecule has 0 amide bonds. The molecule has 130 valence electrons. The molecule has 0 aliphatic heterocycles. The van der Waals surface area contributed by atoms with E-state index in [2.05, 4.69) is 20.4 Å². The van der Waals surface area contributed by atoms with Crippen molar-refractivity contribution in [2.45, 2.75) is 26.4 Å². The van der Waals surface area contributed by atoms with Crippen LogP contribution in [0.15, 0.2) is 35.0 Å². The Morgan fingerprint density at radius 1 is 1.28 bits per heavy atom. The third-order valence-electron chi connectivity index (χ3n) is 3.94. The highest BCUT2D eigenvalue weighted by molar-refractivity contribution is 6.32. The van der Waals surface area contributed by atoms with Crippen molar-refractivity contribution < 1.29 is 9.63 Å². The van der Waals surface area contributed by atoms with Crippen LogP contribution in [0.3, 0.4) is 0 Å². The molecular weight excluding hydrogens is 342 g/mol. The minimum absolute atomic E-state index is 0.116. The van der Waals surface area contributed by atoms with E-state index in [-0.39, 0.29) is 5.95 Å². The van der Waals surface area contributed by atoms with Crippen LogP contribution in [-0.2, 0) is 5.60 Å². The fourth-order valence-corrected chi connectivity index (χ4v) is 2.54. The van der Waals surface area contributed by atoms with Crippen molar-refractivity contribution in [3.05, 3.63) is 58.1 Å². The van der Waals surface area contributed by atoms with Gasteiger partial charge >= 0.3 is 0 Å². The fourth-order valence-electron chi connectivity index (χ4n) is 2.40. The normalized spacial score (nSPS) is 13.5. The Balaban J connectivity index is 1.99. The molecule has 2 aromatic heterocycles. The molecule has 7 nitrogen and oxygen atoms in total. The van der Waals surface area contributed by atoms with Gasteiger partial charge in [0.05, 0.1) is 6.20 Å². The second-order valence-electron chi connectivity index (χ2n) is 5.97. The lowest BCUT2D eigenvalue weighted by atomic mass is 9.91. The fraction of sp³-hybridized carbons (Fsp3) is 0.235. The predicted molar refractivity (Wildman–Crippen MR) is 95.8 cm³/mol. The highest BCUT2D eigenvalue weighted by Crippen LogP contribution is 2.33. The Labute approximate surface area is 149 Å². The quantitative estimate of drug-likeness (QED) is 0.655. The molecule has 0 radical (unpaired) electrons. The number of hydrogen-bond donors (Lipinski definition) is 3. The van der Waals surface area contributed by atoms with E-state index in [0.29, 0.717) is 27.9 Å². The molecule has 2 heterocycles. The number of aliphatic hydroxyl groups is 1. The SMILES string of the molecule is Cc1cc(C(C)(O)c2ccc(C)c(Nc3nc(N)ncc3Cl)c2)no1. The summed E-state index contributed by atoms with van der Waals surface area (Å²) < 4.78 is 5.08. The standard InChI is InChI=1S/C17H18ClN5O2/c1-9-4-5-11(17(3,24)14-6-10(2)25-23-14)7-13(9)21-15-12(18)8-20-16(19)22-15/h4-8,24H,1-3H3,(H3,19,20,21,22). The van der Waals surface area contributed by atoms with Crippen LogP contribution in [-0.4, -0.2) is 20.2 Å². The molecule has 1 aromatic carbocycles. The van der Waals surface area contributed by atoms with E-state index in [9.17, 15) is 5.11 Å². The zero-order chi connectivity index (χ0) is 18.2. The highest BCUT2D eigenvalue weighted by atomic mass is 35.5. The molecule has 0 aliphatic carbocycles. The van der Waals surface area contributed by atoms with Crippen molar-refractivity contribution in [1.29, 1.82) is 0 Å². The monoisotopic (exact) mass is 359 g/mol. The number of nitrogens with two attached hydrogens (primary N) is 1. The average Bonchev–Trinajstić information content (AvgIpc) is 3.00. The van der Waals surface area contributed by atoms with E-state index in [1.54, 1.807) is 19.9 Å². The Morgan fingerprint density at radius 2 is 2.04 bits per heavy atom. The summed E-state index contributed by atoms with van der Waals surface area (Å²) >= 11 is 6.11. The number of nitrogens with one attached hydrogen (secondary N) is 1. The molecule has 0 bridgehead atoms. The second kappa shape index (κ2) is 6.34. The van der Waals surface area contributed by atoms with Gasteiger partial charge in [-0.15, -0.1) is 0 Å². The number of rotatable bonds is 4. The van der Waals surface area contributed by atoms with Crippen molar-refractivity contribution in [1.82, 2.24) is 15.1 Å². The van der Waals surface area contributed by atoms with Crippen LogP contribution in [0, 0.1) is 13.8 Å². The molecule has 3 aromatic rings. The number of benzene rings is 1. The van der Waals surface area contributed by atoms with E-state index in [1.165, 1.54) is 6.20 Å². The van der Waals surface area contributed by atoms with Gasteiger partial charge in [0.25, 0.3) is 0 Å². The Hall–Kier alpha value is -2.64. The maximum absolute atomic E-state index is 10.9. The Kier molecular flexibility index (Phi) is 4.36. The third kappa shape index (κ3) is 3.42.